The Balaban J connectivity index is 1.76. The number of halogens is 2. The zero-order valence-corrected chi connectivity index (χ0v) is 17.7. The molecule has 0 saturated heterocycles. The van der Waals surface area contributed by atoms with Crippen LogP contribution in [0.25, 0.3) is 6.08 Å². The Hall–Kier alpha value is -2.89. The van der Waals surface area contributed by atoms with Gasteiger partial charge in [0.25, 0.3) is 0 Å². The minimum absolute atomic E-state index is 0.120. The number of carbonyl (C=O) groups excluding carboxylic acids is 2. The van der Waals surface area contributed by atoms with Crippen molar-refractivity contribution in [3.63, 3.8) is 0 Å². The molecule has 0 bridgehead atoms. The lowest BCUT2D eigenvalue weighted by Gasteiger charge is -2.10. The first-order valence-corrected chi connectivity index (χ1v) is 9.78. The maximum atomic E-state index is 12.4. The van der Waals surface area contributed by atoms with Crippen molar-refractivity contribution in [1.82, 2.24) is 0 Å². The molecule has 0 saturated carbocycles. The summed E-state index contributed by atoms with van der Waals surface area (Å²) in [5, 5.41) is 0.308. The van der Waals surface area contributed by atoms with Crippen molar-refractivity contribution in [3.05, 3.63) is 99.0 Å². The summed E-state index contributed by atoms with van der Waals surface area (Å²) in [6.45, 7) is 0. The molecule has 146 valence electrons. The highest BCUT2D eigenvalue weighted by atomic mass is 79.9. The molecule has 0 heterocycles. The van der Waals surface area contributed by atoms with E-state index in [2.05, 4.69) is 15.9 Å². The van der Waals surface area contributed by atoms with Crippen LogP contribution in [0.1, 0.15) is 26.3 Å². The Morgan fingerprint density at radius 1 is 0.966 bits per heavy atom. The summed E-state index contributed by atoms with van der Waals surface area (Å²) in [6, 6.07) is 18.8. The second-order valence-electron chi connectivity index (χ2n) is 5.98. The quantitative estimate of drug-likeness (QED) is 0.185. The minimum Gasteiger partial charge on any atom is -0.493 e. The fraction of sp³-hybridized carbons (Fsp3) is 0.0435. The average Bonchev–Trinajstić information content (AvgIpc) is 2.73. The van der Waals surface area contributed by atoms with Gasteiger partial charge in [0.2, 0.25) is 0 Å². The SMILES string of the molecule is COc1cc(/C=C/C(=O)c2ccc(Br)cc2)ccc1OC(=O)c1ccccc1Cl. The van der Waals surface area contributed by atoms with Crippen LogP contribution in [-0.4, -0.2) is 18.9 Å². The summed E-state index contributed by atoms with van der Waals surface area (Å²) in [4.78, 5) is 24.6. The number of ketones is 1. The number of carbonyl (C=O) groups is 2. The fourth-order valence-electron chi connectivity index (χ4n) is 2.54. The number of allylic oxidation sites excluding steroid dienone is 1. The van der Waals surface area contributed by atoms with Crippen LogP contribution in [0.15, 0.2) is 77.3 Å². The number of hydrogen-bond donors (Lipinski definition) is 0. The summed E-state index contributed by atoms with van der Waals surface area (Å²) in [5.74, 6) is -0.0780. The van der Waals surface area contributed by atoms with Crippen molar-refractivity contribution < 1.29 is 19.1 Å². The molecule has 29 heavy (non-hydrogen) atoms. The molecule has 4 nitrogen and oxygen atoms in total. The van der Waals surface area contributed by atoms with Crippen LogP contribution >= 0.6 is 27.5 Å². The molecular formula is C23H16BrClO4. The van der Waals surface area contributed by atoms with Crippen LogP contribution in [0, 0.1) is 0 Å². The summed E-state index contributed by atoms with van der Waals surface area (Å²) in [6.07, 6.45) is 3.15. The Bertz CT molecular complexity index is 1070. The van der Waals surface area contributed by atoms with Crippen LogP contribution in [0.4, 0.5) is 0 Å². The molecule has 0 aromatic heterocycles. The number of methoxy groups -OCH3 is 1. The van der Waals surface area contributed by atoms with Gasteiger partial charge in [-0.15, -0.1) is 0 Å². The predicted molar refractivity (Wildman–Crippen MR) is 117 cm³/mol. The van der Waals surface area contributed by atoms with E-state index < -0.39 is 5.97 Å². The standard InChI is InChI=1S/C23H16BrClO4/c1-28-22-14-15(6-12-20(26)16-8-10-17(24)11-9-16)7-13-21(22)29-23(27)18-4-2-3-5-19(18)25/h2-14H,1H3/b12-6+. The first-order valence-electron chi connectivity index (χ1n) is 8.60. The average molecular weight is 472 g/mol. The third-order valence-corrected chi connectivity index (χ3v) is 4.90. The van der Waals surface area contributed by atoms with E-state index in [1.807, 2.05) is 12.1 Å². The number of rotatable bonds is 6. The van der Waals surface area contributed by atoms with Crippen molar-refractivity contribution in [2.45, 2.75) is 0 Å². The monoisotopic (exact) mass is 470 g/mol. The summed E-state index contributed by atoms with van der Waals surface area (Å²) in [5.41, 5.74) is 1.58. The number of esters is 1. The first kappa shape index (κ1) is 20.8. The van der Waals surface area contributed by atoms with E-state index in [1.54, 1.807) is 60.7 Å². The minimum atomic E-state index is -0.581. The van der Waals surface area contributed by atoms with Gasteiger partial charge in [-0.25, -0.2) is 4.79 Å². The summed E-state index contributed by atoms with van der Waals surface area (Å²) in [7, 11) is 1.47. The topological polar surface area (TPSA) is 52.6 Å². The van der Waals surface area contributed by atoms with E-state index in [4.69, 9.17) is 21.1 Å². The van der Waals surface area contributed by atoms with Gasteiger partial charge >= 0.3 is 5.97 Å². The van der Waals surface area contributed by atoms with Crippen LogP contribution in [0.3, 0.4) is 0 Å². The smallest absolute Gasteiger partial charge is 0.345 e. The molecule has 3 aromatic rings. The summed E-state index contributed by atoms with van der Waals surface area (Å²) >= 11 is 9.38. The molecule has 0 aliphatic rings. The van der Waals surface area contributed by atoms with Crippen molar-refractivity contribution in [1.29, 1.82) is 0 Å². The van der Waals surface area contributed by atoms with Gasteiger partial charge in [0, 0.05) is 10.0 Å². The van der Waals surface area contributed by atoms with Crippen molar-refractivity contribution in [2.75, 3.05) is 7.11 Å². The van der Waals surface area contributed by atoms with E-state index in [9.17, 15) is 9.59 Å². The lowest BCUT2D eigenvalue weighted by molar-refractivity contribution is 0.0729. The van der Waals surface area contributed by atoms with Gasteiger partial charge in [0.1, 0.15) is 0 Å². The van der Waals surface area contributed by atoms with Gasteiger partial charge in [0.05, 0.1) is 17.7 Å². The molecule has 0 aliphatic carbocycles. The van der Waals surface area contributed by atoms with E-state index in [1.165, 1.54) is 13.2 Å². The van der Waals surface area contributed by atoms with E-state index in [0.29, 0.717) is 16.3 Å². The van der Waals surface area contributed by atoms with E-state index >= 15 is 0 Å². The fourth-order valence-corrected chi connectivity index (χ4v) is 3.01. The molecule has 0 spiro atoms. The molecule has 0 amide bonds. The zero-order valence-electron chi connectivity index (χ0n) is 15.4. The molecule has 0 aliphatic heterocycles. The van der Waals surface area contributed by atoms with E-state index in [0.717, 1.165) is 10.0 Å². The third-order valence-electron chi connectivity index (χ3n) is 4.04. The maximum absolute atomic E-state index is 12.4. The Morgan fingerprint density at radius 3 is 2.38 bits per heavy atom. The predicted octanol–water partition coefficient (Wildman–Crippen LogP) is 6.23. The highest BCUT2D eigenvalue weighted by molar-refractivity contribution is 9.10. The molecule has 3 aromatic carbocycles. The van der Waals surface area contributed by atoms with Crippen LogP contribution < -0.4 is 9.47 Å². The van der Waals surface area contributed by atoms with Gasteiger partial charge in [-0.2, -0.15) is 0 Å². The number of ether oxygens (including phenoxy) is 2. The molecule has 0 fully saturated rings. The third kappa shape index (κ3) is 5.34. The van der Waals surface area contributed by atoms with Gasteiger partial charge in [0.15, 0.2) is 17.3 Å². The summed E-state index contributed by atoms with van der Waals surface area (Å²) < 4.78 is 11.7. The second kappa shape index (κ2) is 9.54. The molecule has 0 radical (unpaired) electrons. The molecule has 3 rings (SSSR count). The molecule has 0 N–H and O–H groups in total. The van der Waals surface area contributed by atoms with Gasteiger partial charge < -0.3 is 9.47 Å². The zero-order chi connectivity index (χ0) is 20.8. The van der Waals surface area contributed by atoms with Crippen molar-refractivity contribution in [2.24, 2.45) is 0 Å². The Labute approximate surface area is 181 Å². The molecule has 6 heteroatoms. The lowest BCUT2D eigenvalue weighted by Crippen LogP contribution is -2.09. The highest BCUT2D eigenvalue weighted by Gasteiger charge is 2.15. The highest BCUT2D eigenvalue weighted by Crippen LogP contribution is 2.30. The Kier molecular flexibility index (Phi) is 6.86. The molecule has 0 unspecified atom stereocenters. The lowest BCUT2D eigenvalue weighted by atomic mass is 10.1. The van der Waals surface area contributed by atoms with Crippen LogP contribution in [-0.2, 0) is 0 Å². The van der Waals surface area contributed by atoms with Crippen molar-refractivity contribution in [3.8, 4) is 11.5 Å². The number of hydrogen-bond acceptors (Lipinski definition) is 4. The first-order chi connectivity index (χ1) is 14.0. The number of benzene rings is 3. The van der Waals surface area contributed by atoms with Crippen LogP contribution in [0.5, 0.6) is 11.5 Å². The Morgan fingerprint density at radius 2 is 1.69 bits per heavy atom. The van der Waals surface area contributed by atoms with E-state index in [-0.39, 0.29) is 17.1 Å². The largest absolute Gasteiger partial charge is 0.493 e. The normalized spacial score (nSPS) is 10.7. The van der Waals surface area contributed by atoms with Crippen LogP contribution in [0.2, 0.25) is 5.02 Å². The maximum Gasteiger partial charge on any atom is 0.345 e. The molecule has 0 atom stereocenters. The van der Waals surface area contributed by atoms with Gasteiger partial charge in [-0.3, -0.25) is 4.79 Å². The van der Waals surface area contributed by atoms with Gasteiger partial charge in [-0.05, 0) is 60.2 Å². The van der Waals surface area contributed by atoms with Crippen molar-refractivity contribution >= 4 is 45.4 Å². The molecular weight excluding hydrogens is 456 g/mol. The second-order valence-corrected chi connectivity index (χ2v) is 7.31. The van der Waals surface area contributed by atoms with Gasteiger partial charge in [-0.1, -0.05) is 51.8 Å².